The number of hydrogen-bond acceptors (Lipinski definition) is 8. The van der Waals surface area contributed by atoms with Crippen molar-refractivity contribution in [3.63, 3.8) is 0 Å². The normalized spacial score (nSPS) is 14.3. The van der Waals surface area contributed by atoms with E-state index in [1.807, 2.05) is 34.2 Å². The van der Waals surface area contributed by atoms with Gasteiger partial charge in [0, 0.05) is 24.2 Å². The van der Waals surface area contributed by atoms with Crippen LogP contribution >= 0.6 is 23.1 Å². The topological polar surface area (TPSA) is 89.1 Å². The van der Waals surface area contributed by atoms with Crippen LogP contribution in [-0.4, -0.2) is 56.7 Å². The highest BCUT2D eigenvalue weighted by molar-refractivity contribution is 7.98. The van der Waals surface area contributed by atoms with E-state index in [1.165, 1.54) is 47.9 Å². The van der Waals surface area contributed by atoms with Gasteiger partial charge in [0.05, 0.1) is 12.0 Å². The van der Waals surface area contributed by atoms with Crippen molar-refractivity contribution in [2.45, 2.75) is 37.1 Å². The molecule has 0 saturated carbocycles. The number of likely N-dealkylation sites (tertiary alicyclic amines) is 1. The Morgan fingerprint density at radius 1 is 1.14 bits per heavy atom. The number of thiazole rings is 1. The van der Waals surface area contributed by atoms with Gasteiger partial charge in [0.2, 0.25) is 5.82 Å². The van der Waals surface area contributed by atoms with Gasteiger partial charge in [-0.15, -0.1) is 21.5 Å². The number of hydrogen-bond donors (Lipinski definition) is 1. The molecule has 1 saturated heterocycles. The first-order chi connectivity index (χ1) is 17.2. The van der Waals surface area contributed by atoms with Crippen LogP contribution in [-0.2, 0) is 5.75 Å². The molecule has 1 amide bonds. The molecule has 4 aromatic rings. The summed E-state index contributed by atoms with van der Waals surface area (Å²) in [6.07, 6.45) is 5.45. The van der Waals surface area contributed by atoms with Gasteiger partial charge < -0.3 is 14.6 Å². The van der Waals surface area contributed by atoms with Gasteiger partial charge in [-0.05, 0) is 57.1 Å². The monoisotopic (exact) mass is 508 g/mol. The van der Waals surface area contributed by atoms with Crippen LogP contribution in [0.4, 0.5) is 0 Å². The minimum Gasteiger partial charge on any atom is -0.461 e. The number of aromatic nitrogens is 4. The number of nitrogens with zero attached hydrogens (tertiary/aromatic N) is 5. The zero-order chi connectivity index (χ0) is 24.0. The molecule has 35 heavy (non-hydrogen) atoms. The van der Waals surface area contributed by atoms with E-state index in [0.717, 1.165) is 35.5 Å². The molecule has 5 rings (SSSR count). The lowest BCUT2D eigenvalue weighted by molar-refractivity contribution is 0.0942. The van der Waals surface area contributed by atoms with Crippen LogP contribution in [0.2, 0.25) is 0 Å². The summed E-state index contributed by atoms with van der Waals surface area (Å²) in [5.41, 5.74) is 2.61. The summed E-state index contributed by atoms with van der Waals surface area (Å²) >= 11 is 3.02. The molecule has 4 heterocycles. The van der Waals surface area contributed by atoms with Crippen molar-refractivity contribution in [3.8, 4) is 17.3 Å². The molecule has 1 aromatic carbocycles. The van der Waals surface area contributed by atoms with E-state index in [2.05, 4.69) is 44.5 Å². The number of thioether (sulfide) groups is 1. The van der Waals surface area contributed by atoms with Crippen LogP contribution in [0, 0.1) is 6.92 Å². The number of piperidine rings is 1. The number of furan rings is 1. The number of rotatable bonds is 9. The zero-order valence-corrected chi connectivity index (χ0v) is 21.3. The highest BCUT2D eigenvalue weighted by atomic mass is 32.2. The molecule has 0 radical (unpaired) electrons. The second-order valence-electron chi connectivity index (χ2n) is 8.53. The quantitative estimate of drug-likeness (QED) is 0.325. The van der Waals surface area contributed by atoms with Crippen molar-refractivity contribution in [1.29, 1.82) is 0 Å². The average molecular weight is 509 g/mol. The predicted molar refractivity (Wildman–Crippen MR) is 138 cm³/mol. The Labute approximate surface area is 212 Å². The Hall–Kier alpha value is -2.95. The minimum atomic E-state index is -0.113. The molecule has 0 unspecified atom stereocenters. The Morgan fingerprint density at radius 2 is 1.97 bits per heavy atom. The molecule has 10 heteroatoms. The maximum absolute atomic E-state index is 12.5. The molecule has 3 aromatic heterocycles. The fourth-order valence-corrected chi connectivity index (χ4v) is 5.81. The lowest BCUT2D eigenvalue weighted by atomic mass is 10.1. The third-order valence-electron chi connectivity index (χ3n) is 5.94. The van der Waals surface area contributed by atoms with Crippen LogP contribution in [0.3, 0.4) is 0 Å². The maximum Gasteiger partial charge on any atom is 0.270 e. The molecular formula is C25H28N6O2S2. The summed E-state index contributed by atoms with van der Waals surface area (Å²) in [5, 5.41) is 15.3. The van der Waals surface area contributed by atoms with Crippen LogP contribution < -0.4 is 5.32 Å². The Balaban J connectivity index is 1.24. The van der Waals surface area contributed by atoms with Crippen LogP contribution in [0.1, 0.15) is 40.3 Å². The first-order valence-corrected chi connectivity index (χ1v) is 13.7. The number of aryl methyl sites for hydroxylation is 1. The van der Waals surface area contributed by atoms with Crippen molar-refractivity contribution in [3.05, 3.63) is 64.3 Å². The average Bonchev–Trinajstić information content (AvgIpc) is 3.65. The first-order valence-electron chi connectivity index (χ1n) is 11.8. The van der Waals surface area contributed by atoms with Gasteiger partial charge in [-0.1, -0.05) is 35.9 Å². The van der Waals surface area contributed by atoms with E-state index in [9.17, 15) is 4.79 Å². The summed E-state index contributed by atoms with van der Waals surface area (Å²) in [4.78, 5) is 19.5. The summed E-state index contributed by atoms with van der Waals surface area (Å²) in [5.74, 6) is 1.78. The molecule has 0 spiro atoms. The third kappa shape index (κ3) is 5.83. The van der Waals surface area contributed by atoms with E-state index < -0.39 is 0 Å². The Bertz CT molecular complexity index is 1240. The highest BCUT2D eigenvalue weighted by Gasteiger charge is 2.19. The lowest BCUT2D eigenvalue weighted by Gasteiger charge is -2.26. The second kappa shape index (κ2) is 11.2. The summed E-state index contributed by atoms with van der Waals surface area (Å²) in [6.45, 7) is 5.86. The van der Waals surface area contributed by atoms with Crippen LogP contribution in [0.25, 0.3) is 17.3 Å². The van der Waals surface area contributed by atoms with Crippen LogP contribution in [0.15, 0.2) is 57.6 Å². The molecule has 8 nitrogen and oxygen atoms in total. The van der Waals surface area contributed by atoms with Crippen molar-refractivity contribution in [2.75, 3.05) is 26.2 Å². The van der Waals surface area contributed by atoms with Gasteiger partial charge >= 0.3 is 0 Å². The molecule has 1 N–H and O–H groups in total. The largest absolute Gasteiger partial charge is 0.461 e. The summed E-state index contributed by atoms with van der Waals surface area (Å²) < 4.78 is 7.58. The second-order valence-corrected chi connectivity index (χ2v) is 10.4. The summed E-state index contributed by atoms with van der Waals surface area (Å²) in [6, 6.07) is 11.9. The van der Waals surface area contributed by atoms with Crippen molar-refractivity contribution in [2.24, 2.45) is 0 Å². The summed E-state index contributed by atoms with van der Waals surface area (Å²) in [7, 11) is 0. The highest BCUT2D eigenvalue weighted by Crippen LogP contribution is 2.30. The fraction of sp³-hybridized carbons (Fsp3) is 0.360. The predicted octanol–water partition coefficient (Wildman–Crippen LogP) is 4.80. The van der Waals surface area contributed by atoms with Gasteiger partial charge in [-0.3, -0.25) is 9.36 Å². The van der Waals surface area contributed by atoms with Gasteiger partial charge in [-0.2, -0.15) is 0 Å². The Morgan fingerprint density at radius 3 is 2.74 bits per heavy atom. The van der Waals surface area contributed by atoms with Crippen molar-refractivity contribution in [1.82, 2.24) is 30.0 Å². The number of amides is 1. The molecule has 1 aliphatic rings. The first kappa shape index (κ1) is 23.8. The molecule has 0 bridgehead atoms. The van der Waals surface area contributed by atoms with Gasteiger partial charge in [-0.25, -0.2) is 4.98 Å². The lowest BCUT2D eigenvalue weighted by Crippen LogP contribution is -2.37. The van der Waals surface area contributed by atoms with Crippen molar-refractivity contribution < 1.29 is 9.21 Å². The van der Waals surface area contributed by atoms with E-state index in [-0.39, 0.29) is 5.91 Å². The van der Waals surface area contributed by atoms with E-state index in [0.29, 0.717) is 29.6 Å². The third-order valence-corrected chi connectivity index (χ3v) is 7.91. The minimum absolute atomic E-state index is 0.113. The smallest absolute Gasteiger partial charge is 0.270 e. The standard InChI is InChI=1S/C25H28N6O2S2/c1-18-7-9-19(10-8-18)31-23(21-6-5-15-33-21)28-29-25(31)35-17-22-27-20(16-34-22)24(32)26-11-14-30-12-3-2-4-13-30/h5-10,15-16H,2-4,11-14,17H2,1H3,(H,26,32). The fourth-order valence-electron chi connectivity index (χ4n) is 4.06. The SMILES string of the molecule is Cc1ccc(-n2c(SCc3nc(C(=O)NCCN4CCCCC4)cs3)nnc2-c2ccco2)cc1. The van der Waals surface area contributed by atoms with Crippen LogP contribution in [0.5, 0.6) is 0 Å². The number of carbonyl (C=O) groups excluding carboxylic acids is 1. The van der Waals surface area contributed by atoms with Gasteiger partial charge in [0.25, 0.3) is 5.91 Å². The van der Waals surface area contributed by atoms with E-state index >= 15 is 0 Å². The van der Waals surface area contributed by atoms with E-state index in [1.54, 1.807) is 6.26 Å². The van der Waals surface area contributed by atoms with Crippen molar-refractivity contribution >= 4 is 29.0 Å². The zero-order valence-electron chi connectivity index (χ0n) is 19.6. The van der Waals surface area contributed by atoms with Gasteiger partial charge in [0.1, 0.15) is 10.7 Å². The van der Waals surface area contributed by atoms with E-state index in [4.69, 9.17) is 4.42 Å². The molecule has 1 aliphatic heterocycles. The number of carbonyl (C=O) groups is 1. The Kier molecular flexibility index (Phi) is 7.60. The maximum atomic E-state index is 12.5. The molecular weight excluding hydrogens is 480 g/mol. The molecule has 0 aliphatic carbocycles. The number of nitrogens with one attached hydrogen (secondary N) is 1. The molecule has 182 valence electrons. The number of benzene rings is 1. The van der Waals surface area contributed by atoms with Gasteiger partial charge in [0.15, 0.2) is 10.9 Å². The molecule has 0 atom stereocenters. The molecule has 1 fully saturated rings.